The smallest absolute Gasteiger partial charge is 0.0799 e. The molecule has 1 heterocycles. The third kappa shape index (κ3) is 2.24. The number of hydrazone groups is 1. The standard InChI is InChI=1S/C18H19ClN2/c1-3-5-16-13(4-2)10-11-18(16)12-20-21-17(18)14-6-8-15(19)9-7-14/h3-9,20H,2,10-12H2,1H3/b5-3-. The average Bonchev–Trinajstić information content (AvgIpc) is 3.07. The number of rotatable bonds is 3. The molecule has 1 N–H and O–H groups in total. The number of nitrogens with zero attached hydrogens (tertiary/aromatic N) is 1. The highest BCUT2D eigenvalue weighted by molar-refractivity contribution is 6.30. The molecule has 3 heteroatoms. The molecule has 0 saturated heterocycles. The first-order chi connectivity index (χ1) is 10.2. The van der Waals surface area contributed by atoms with Crippen molar-refractivity contribution in [2.75, 3.05) is 6.54 Å². The van der Waals surface area contributed by atoms with Gasteiger partial charge in [-0.15, -0.1) is 0 Å². The molecule has 0 amide bonds. The molecule has 1 unspecified atom stereocenters. The third-order valence-electron chi connectivity index (χ3n) is 4.41. The summed E-state index contributed by atoms with van der Waals surface area (Å²) in [6, 6.07) is 7.95. The van der Waals surface area contributed by atoms with Gasteiger partial charge >= 0.3 is 0 Å². The minimum absolute atomic E-state index is 0.0378. The molecule has 0 saturated carbocycles. The minimum Gasteiger partial charge on any atom is -0.308 e. The zero-order valence-corrected chi connectivity index (χ0v) is 13.0. The summed E-state index contributed by atoms with van der Waals surface area (Å²) in [6.45, 7) is 6.88. The lowest BCUT2D eigenvalue weighted by molar-refractivity contribution is 0.503. The summed E-state index contributed by atoms with van der Waals surface area (Å²) in [5, 5.41) is 5.34. The highest BCUT2D eigenvalue weighted by atomic mass is 35.5. The van der Waals surface area contributed by atoms with Crippen molar-refractivity contribution in [3.8, 4) is 0 Å². The monoisotopic (exact) mass is 298 g/mol. The lowest BCUT2D eigenvalue weighted by atomic mass is 9.74. The fourth-order valence-electron chi connectivity index (χ4n) is 3.39. The van der Waals surface area contributed by atoms with E-state index < -0.39 is 0 Å². The van der Waals surface area contributed by atoms with Crippen LogP contribution in [0.2, 0.25) is 5.02 Å². The summed E-state index contributed by atoms with van der Waals surface area (Å²) in [5.74, 6) is 0. The van der Waals surface area contributed by atoms with E-state index in [4.69, 9.17) is 11.6 Å². The Kier molecular flexibility index (Phi) is 3.73. The average molecular weight is 299 g/mol. The molecule has 0 fully saturated rings. The van der Waals surface area contributed by atoms with E-state index in [2.05, 4.69) is 48.3 Å². The van der Waals surface area contributed by atoms with Crippen LogP contribution in [-0.2, 0) is 0 Å². The van der Waals surface area contributed by atoms with Crippen LogP contribution >= 0.6 is 11.6 Å². The maximum absolute atomic E-state index is 6.00. The molecule has 0 bridgehead atoms. The number of allylic oxidation sites excluding steroid dienone is 4. The molecule has 1 aliphatic carbocycles. The fourth-order valence-corrected chi connectivity index (χ4v) is 3.52. The van der Waals surface area contributed by atoms with Crippen molar-refractivity contribution >= 4 is 17.3 Å². The van der Waals surface area contributed by atoms with Gasteiger partial charge in [0, 0.05) is 11.6 Å². The van der Waals surface area contributed by atoms with Crippen LogP contribution in [0.3, 0.4) is 0 Å². The summed E-state index contributed by atoms with van der Waals surface area (Å²) in [7, 11) is 0. The molecule has 108 valence electrons. The first-order valence-electron chi connectivity index (χ1n) is 7.27. The molecule has 2 aliphatic rings. The molecule has 0 aromatic heterocycles. The maximum atomic E-state index is 6.00. The second-order valence-corrected chi connectivity index (χ2v) is 5.96. The van der Waals surface area contributed by atoms with Gasteiger partial charge in [0.15, 0.2) is 0 Å². The van der Waals surface area contributed by atoms with Crippen LogP contribution in [0.15, 0.2) is 65.3 Å². The first kappa shape index (κ1) is 14.2. The largest absolute Gasteiger partial charge is 0.308 e. The van der Waals surface area contributed by atoms with E-state index in [-0.39, 0.29) is 5.41 Å². The number of hydrogen-bond donors (Lipinski definition) is 1. The Morgan fingerprint density at radius 3 is 2.76 bits per heavy atom. The fraction of sp³-hybridized carbons (Fsp3) is 0.278. The van der Waals surface area contributed by atoms with Crippen LogP contribution in [-0.4, -0.2) is 12.3 Å². The van der Waals surface area contributed by atoms with Gasteiger partial charge in [0.05, 0.1) is 11.1 Å². The molecule has 3 rings (SSSR count). The molecule has 1 atom stereocenters. The lowest BCUT2D eigenvalue weighted by Gasteiger charge is -2.27. The predicted molar refractivity (Wildman–Crippen MR) is 89.7 cm³/mol. The van der Waals surface area contributed by atoms with Crippen molar-refractivity contribution in [1.29, 1.82) is 0 Å². The van der Waals surface area contributed by atoms with Crippen molar-refractivity contribution in [2.24, 2.45) is 10.5 Å². The number of hydrogen-bond acceptors (Lipinski definition) is 2. The van der Waals surface area contributed by atoms with Crippen LogP contribution in [0.25, 0.3) is 0 Å². The van der Waals surface area contributed by atoms with Crippen molar-refractivity contribution in [3.63, 3.8) is 0 Å². The van der Waals surface area contributed by atoms with E-state index in [0.717, 1.165) is 35.7 Å². The SMILES string of the molecule is C=CC1=C(/C=C\C)C2(CC1)CNN=C2c1ccc(Cl)cc1. The second-order valence-electron chi connectivity index (χ2n) is 5.53. The summed E-state index contributed by atoms with van der Waals surface area (Å²) in [4.78, 5) is 0. The molecule has 1 aromatic carbocycles. The number of halogens is 1. The van der Waals surface area contributed by atoms with Gasteiger partial charge in [0.1, 0.15) is 0 Å². The minimum atomic E-state index is -0.0378. The number of benzene rings is 1. The van der Waals surface area contributed by atoms with Crippen molar-refractivity contribution in [1.82, 2.24) is 5.43 Å². The van der Waals surface area contributed by atoms with Crippen molar-refractivity contribution < 1.29 is 0 Å². The second kappa shape index (κ2) is 5.53. The molecular formula is C18H19ClN2. The van der Waals surface area contributed by atoms with Crippen LogP contribution in [0.5, 0.6) is 0 Å². The lowest BCUT2D eigenvalue weighted by Crippen LogP contribution is -2.32. The van der Waals surface area contributed by atoms with E-state index in [0.29, 0.717) is 0 Å². The van der Waals surface area contributed by atoms with Crippen LogP contribution in [0, 0.1) is 5.41 Å². The van der Waals surface area contributed by atoms with Crippen LogP contribution in [0.4, 0.5) is 0 Å². The Morgan fingerprint density at radius 1 is 1.33 bits per heavy atom. The van der Waals surface area contributed by atoms with E-state index in [1.165, 1.54) is 11.1 Å². The van der Waals surface area contributed by atoms with Crippen LogP contribution < -0.4 is 5.43 Å². The van der Waals surface area contributed by atoms with Crippen LogP contribution in [0.1, 0.15) is 25.3 Å². The summed E-state index contributed by atoms with van der Waals surface area (Å²) >= 11 is 6.00. The molecule has 1 spiro atoms. The zero-order valence-electron chi connectivity index (χ0n) is 12.2. The van der Waals surface area contributed by atoms with Gasteiger partial charge in [0.25, 0.3) is 0 Å². The topological polar surface area (TPSA) is 24.4 Å². The molecule has 1 aliphatic heterocycles. The molecule has 21 heavy (non-hydrogen) atoms. The van der Waals surface area contributed by atoms with Crippen molar-refractivity contribution in [3.05, 3.63) is 70.8 Å². The zero-order chi connectivity index (χ0) is 14.9. The first-order valence-corrected chi connectivity index (χ1v) is 7.65. The van der Waals surface area contributed by atoms with Crippen molar-refractivity contribution in [2.45, 2.75) is 19.8 Å². The van der Waals surface area contributed by atoms with E-state index >= 15 is 0 Å². The Hall–Kier alpha value is -1.80. The van der Waals surface area contributed by atoms with E-state index in [9.17, 15) is 0 Å². The van der Waals surface area contributed by atoms with Gasteiger partial charge in [-0.1, -0.05) is 48.5 Å². The summed E-state index contributed by atoms with van der Waals surface area (Å²) < 4.78 is 0. The van der Waals surface area contributed by atoms with E-state index in [1.54, 1.807) is 0 Å². The Bertz CT molecular complexity index is 652. The van der Waals surface area contributed by atoms with Gasteiger partial charge in [-0.25, -0.2) is 0 Å². The Morgan fingerprint density at radius 2 is 2.10 bits per heavy atom. The maximum Gasteiger partial charge on any atom is 0.0799 e. The normalized spacial score (nSPS) is 24.8. The van der Waals surface area contributed by atoms with E-state index in [1.807, 2.05) is 18.2 Å². The van der Waals surface area contributed by atoms with Gasteiger partial charge in [-0.3, -0.25) is 0 Å². The summed E-state index contributed by atoms with van der Waals surface area (Å²) in [5.41, 5.74) is 8.09. The van der Waals surface area contributed by atoms with Gasteiger partial charge in [0.2, 0.25) is 0 Å². The van der Waals surface area contributed by atoms with Gasteiger partial charge in [-0.05, 0) is 48.6 Å². The Balaban J connectivity index is 2.09. The molecular weight excluding hydrogens is 280 g/mol. The molecule has 2 nitrogen and oxygen atoms in total. The van der Waals surface area contributed by atoms with Gasteiger partial charge < -0.3 is 5.43 Å². The third-order valence-corrected chi connectivity index (χ3v) is 4.66. The highest BCUT2D eigenvalue weighted by Gasteiger charge is 2.46. The highest BCUT2D eigenvalue weighted by Crippen LogP contribution is 2.48. The number of nitrogens with one attached hydrogen (secondary N) is 1. The predicted octanol–water partition coefficient (Wildman–Crippen LogP) is 4.49. The molecule has 0 radical (unpaired) electrons. The molecule has 1 aromatic rings. The van der Waals surface area contributed by atoms with Gasteiger partial charge in [-0.2, -0.15) is 5.10 Å². The Labute approximate surface area is 130 Å². The quantitative estimate of drug-likeness (QED) is 0.874. The summed E-state index contributed by atoms with van der Waals surface area (Å²) in [6.07, 6.45) is 8.42.